The summed E-state index contributed by atoms with van der Waals surface area (Å²) in [5.74, 6) is -3.81. The second-order valence-corrected chi connectivity index (χ2v) is 4.29. The van der Waals surface area contributed by atoms with Crippen molar-refractivity contribution in [1.82, 2.24) is 4.98 Å². The van der Waals surface area contributed by atoms with Crippen LogP contribution >= 0.6 is 0 Å². The molecular weight excluding hydrogens is 241 g/mol. The summed E-state index contributed by atoms with van der Waals surface area (Å²) in [5.41, 5.74) is 7.46. The van der Waals surface area contributed by atoms with Crippen molar-refractivity contribution in [1.29, 1.82) is 0 Å². The molecule has 0 aliphatic rings. The molecule has 2 aromatic rings. The van der Waals surface area contributed by atoms with Crippen molar-refractivity contribution in [3.8, 4) is 0 Å². The Kier molecular flexibility index (Phi) is 3.34. The maximum absolute atomic E-state index is 13.9. The van der Waals surface area contributed by atoms with Gasteiger partial charge in [-0.3, -0.25) is 0 Å². The second-order valence-electron chi connectivity index (χ2n) is 4.29. The third-order valence-electron chi connectivity index (χ3n) is 3.21. The fourth-order valence-electron chi connectivity index (χ4n) is 2.23. The second kappa shape index (κ2) is 4.65. The molecule has 18 heavy (non-hydrogen) atoms. The van der Waals surface area contributed by atoms with Gasteiger partial charge in [0.05, 0.1) is 5.52 Å². The Morgan fingerprint density at radius 1 is 1.22 bits per heavy atom. The van der Waals surface area contributed by atoms with E-state index < -0.39 is 23.5 Å². The summed E-state index contributed by atoms with van der Waals surface area (Å²) >= 11 is 0. The van der Waals surface area contributed by atoms with Crippen molar-refractivity contribution in [3.63, 3.8) is 0 Å². The number of H-pyrrole nitrogens is 1. The van der Waals surface area contributed by atoms with Crippen molar-refractivity contribution in [2.24, 2.45) is 5.73 Å². The molecular formula is C13H15F3N2. The molecule has 0 aliphatic carbocycles. The molecule has 1 aromatic carbocycles. The number of aromatic nitrogens is 1. The van der Waals surface area contributed by atoms with Crippen LogP contribution in [0.1, 0.15) is 37.6 Å². The molecule has 1 atom stereocenters. The summed E-state index contributed by atoms with van der Waals surface area (Å²) in [7, 11) is 0. The molecule has 1 heterocycles. The molecule has 0 aliphatic heterocycles. The average molecular weight is 256 g/mol. The van der Waals surface area contributed by atoms with Crippen molar-refractivity contribution in [3.05, 3.63) is 34.8 Å². The minimum Gasteiger partial charge on any atom is -0.358 e. The van der Waals surface area contributed by atoms with Crippen LogP contribution in [0.5, 0.6) is 0 Å². The predicted molar refractivity (Wildman–Crippen MR) is 64.8 cm³/mol. The molecule has 0 saturated heterocycles. The number of halogens is 3. The lowest BCUT2D eigenvalue weighted by Gasteiger charge is -2.11. The van der Waals surface area contributed by atoms with Crippen LogP contribution in [0.3, 0.4) is 0 Å². The summed E-state index contributed by atoms with van der Waals surface area (Å²) in [6.45, 7) is 3.74. The first-order valence-electron chi connectivity index (χ1n) is 5.94. The molecule has 0 spiro atoms. The van der Waals surface area contributed by atoms with Crippen LogP contribution in [-0.2, 0) is 6.42 Å². The molecule has 3 N–H and O–H groups in total. The zero-order chi connectivity index (χ0) is 13.4. The van der Waals surface area contributed by atoms with Gasteiger partial charge in [-0.2, -0.15) is 0 Å². The van der Waals surface area contributed by atoms with Gasteiger partial charge in [0.1, 0.15) is 0 Å². The topological polar surface area (TPSA) is 41.8 Å². The summed E-state index contributed by atoms with van der Waals surface area (Å²) in [6, 6.07) is 0.576. The number of rotatable bonds is 3. The van der Waals surface area contributed by atoms with Crippen molar-refractivity contribution < 1.29 is 13.2 Å². The van der Waals surface area contributed by atoms with Crippen molar-refractivity contribution >= 4 is 10.9 Å². The molecule has 98 valence electrons. The summed E-state index contributed by atoms with van der Waals surface area (Å²) in [4.78, 5) is 2.91. The highest BCUT2D eigenvalue weighted by atomic mass is 19.2. The average Bonchev–Trinajstić information content (AvgIpc) is 2.73. The maximum Gasteiger partial charge on any atom is 0.195 e. The molecule has 0 fully saturated rings. The Morgan fingerprint density at radius 2 is 1.89 bits per heavy atom. The Hall–Kier alpha value is -1.49. The number of benzene rings is 1. The number of fused-ring (bicyclic) bond motifs is 1. The van der Waals surface area contributed by atoms with Crippen LogP contribution in [0.2, 0.25) is 0 Å². The van der Waals surface area contributed by atoms with Gasteiger partial charge in [-0.1, -0.05) is 13.8 Å². The zero-order valence-electron chi connectivity index (χ0n) is 10.3. The van der Waals surface area contributed by atoms with E-state index in [0.29, 0.717) is 18.4 Å². The van der Waals surface area contributed by atoms with Gasteiger partial charge in [0.15, 0.2) is 17.5 Å². The van der Waals surface area contributed by atoms with Crippen LogP contribution in [0, 0.1) is 17.5 Å². The number of aryl methyl sites for hydroxylation is 1. The van der Waals surface area contributed by atoms with Gasteiger partial charge in [-0.25, -0.2) is 13.2 Å². The molecule has 0 amide bonds. The van der Waals surface area contributed by atoms with E-state index in [1.807, 2.05) is 13.8 Å². The summed E-state index contributed by atoms with van der Waals surface area (Å²) < 4.78 is 40.4. The lowest BCUT2D eigenvalue weighted by molar-refractivity contribution is 0.453. The summed E-state index contributed by atoms with van der Waals surface area (Å²) in [5, 5.41) is 0.0695. The number of nitrogens with two attached hydrogens (primary N) is 1. The zero-order valence-corrected chi connectivity index (χ0v) is 10.3. The standard InChI is InChI=1S/C13H15F3N2/c1-3-7(17)10-8(4-2)18-9-5-6(14)12(15)13(16)11(9)10/h5,7,18H,3-4,17H2,1-2H3. The first-order valence-corrected chi connectivity index (χ1v) is 5.94. The fraction of sp³-hybridized carbons (Fsp3) is 0.385. The largest absolute Gasteiger partial charge is 0.358 e. The van der Waals surface area contributed by atoms with Crippen molar-refractivity contribution in [2.45, 2.75) is 32.7 Å². The van der Waals surface area contributed by atoms with E-state index in [9.17, 15) is 13.2 Å². The van der Waals surface area contributed by atoms with Crippen molar-refractivity contribution in [2.75, 3.05) is 0 Å². The highest BCUT2D eigenvalue weighted by Gasteiger charge is 2.23. The first kappa shape index (κ1) is 13.0. The van der Waals surface area contributed by atoms with Gasteiger partial charge in [-0.05, 0) is 12.8 Å². The molecule has 2 nitrogen and oxygen atoms in total. The number of hydrogen-bond acceptors (Lipinski definition) is 1. The highest BCUT2D eigenvalue weighted by Crippen LogP contribution is 2.33. The third-order valence-corrected chi connectivity index (χ3v) is 3.21. The van der Waals surface area contributed by atoms with E-state index in [1.54, 1.807) is 0 Å². The minimum absolute atomic E-state index is 0.0695. The van der Waals surface area contributed by atoms with Crippen LogP contribution in [0.4, 0.5) is 13.2 Å². The minimum atomic E-state index is -1.45. The molecule has 0 radical (unpaired) electrons. The van der Waals surface area contributed by atoms with Gasteiger partial charge >= 0.3 is 0 Å². The lowest BCUT2D eigenvalue weighted by Crippen LogP contribution is -2.11. The quantitative estimate of drug-likeness (QED) is 0.810. The molecule has 2 rings (SSSR count). The summed E-state index contributed by atoms with van der Waals surface area (Å²) in [6.07, 6.45) is 1.19. The molecule has 1 aromatic heterocycles. The Bertz CT molecular complexity index is 590. The van der Waals surface area contributed by atoms with E-state index in [0.717, 1.165) is 11.8 Å². The molecule has 5 heteroatoms. The van der Waals surface area contributed by atoms with Gasteiger partial charge in [0.25, 0.3) is 0 Å². The van der Waals surface area contributed by atoms with Crippen LogP contribution < -0.4 is 5.73 Å². The van der Waals surface area contributed by atoms with E-state index in [1.165, 1.54) is 0 Å². The number of nitrogens with one attached hydrogen (secondary N) is 1. The van der Waals surface area contributed by atoms with Gasteiger partial charge < -0.3 is 10.7 Å². The first-order chi connectivity index (χ1) is 8.51. The highest BCUT2D eigenvalue weighted by molar-refractivity contribution is 5.86. The van der Waals surface area contributed by atoms with Gasteiger partial charge in [-0.15, -0.1) is 0 Å². The van der Waals surface area contributed by atoms with Gasteiger partial charge in [0.2, 0.25) is 0 Å². The molecule has 0 saturated carbocycles. The Labute approximate surface area is 103 Å². The van der Waals surface area contributed by atoms with E-state index in [2.05, 4.69) is 4.98 Å². The van der Waals surface area contributed by atoms with Gasteiger partial charge in [0, 0.05) is 28.8 Å². The van der Waals surface area contributed by atoms with Crippen LogP contribution in [-0.4, -0.2) is 4.98 Å². The maximum atomic E-state index is 13.9. The molecule has 0 bridgehead atoms. The smallest absolute Gasteiger partial charge is 0.195 e. The van der Waals surface area contributed by atoms with E-state index >= 15 is 0 Å². The third kappa shape index (κ3) is 1.79. The normalized spacial score (nSPS) is 13.2. The van der Waals surface area contributed by atoms with E-state index in [4.69, 9.17) is 5.73 Å². The van der Waals surface area contributed by atoms with Crippen LogP contribution in [0.25, 0.3) is 10.9 Å². The Morgan fingerprint density at radius 3 is 2.44 bits per heavy atom. The SMILES string of the molecule is CCc1[nH]c2cc(F)c(F)c(F)c2c1C(N)CC. The fourth-order valence-corrected chi connectivity index (χ4v) is 2.23. The number of aromatic amines is 1. The predicted octanol–water partition coefficient (Wildman–Crippen LogP) is 3.56. The Balaban J connectivity index is 2.85. The lowest BCUT2D eigenvalue weighted by atomic mass is 10.00. The van der Waals surface area contributed by atoms with Crippen LogP contribution in [0.15, 0.2) is 6.07 Å². The monoisotopic (exact) mass is 256 g/mol. The molecule has 1 unspecified atom stereocenters. The van der Waals surface area contributed by atoms with E-state index in [-0.39, 0.29) is 10.9 Å². The number of hydrogen-bond donors (Lipinski definition) is 2.